The maximum absolute atomic E-state index is 13.2. The van der Waals surface area contributed by atoms with E-state index >= 15 is 0 Å². The van der Waals surface area contributed by atoms with Crippen LogP contribution >= 0.6 is 0 Å². The van der Waals surface area contributed by atoms with Crippen LogP contribution in [0.15, 0.2) is 60.8 Å². The van der Waals surface area contributed by atoms with Crippen molar-refractivity contribution in [3.63, 3.8) is 0 Å². The molecule has 1 N–H and O–H groups in total. The van der Waals surface area contributed by atoms with Gasteiger partial charge < -0.3 is 19.5 Å². The van der Waals surface area contributed by atoms with Crippen molar-refractivity contribution < 1.29 is 19.0 Å². The van der Waals surface area contributed by atoms with Gasteiger partial charge in [-0.1, -0.05) is 6.07 Å². The first-order chi connectivity index (χ1) is 14.2. The number of methoxy groups -OCH3 is 3. The minimum Gasteiger partial charge on any atom is -0.497 e. The van der Waals surface area contributed by atoms with Crippen LogP contribution in [0.2, 0.25) is 0 Å². The molecule has 29 heavy (non-hydrogen) atoms. The molecular formula is C22H21N3O4. The summed E-state index contributed by atoms with van der Waals surface area (Å²) in [4.78, 5) is 19.4. The maximum Gasteiger partial charge on any atom is 0.262 e. The van der Waals surface area contributed by atoms with Crippen LogP contribution < -0.4 is 24.4 Å². The maximum atomic E-state index is 13.2. The van der Waals surface area contributed by atoms with Crippen LogP contribution in [0.25, 0.3) is 0 Å². The second-order valence-corrected chi connectivity index (χ2v) is 6.43. The first-order valence-electron chi connectivity index (χ1n) is 9.07. The van der Waals surface area contributed by atoms with Gasteiger partial charge in [-0.2, -0.15) is 0 Å². The zero-order valence-electron chi connectivity index (χ0n) is 16.4. The Labute approximate surface area is 168 Å². The summed E-state index contributed by atoms with van der Waals surface area (Å²) in [6, 6.07) is 16.4. The Hall–Kier alpha value is -3.74. The third-order valence-corrected chi connectivity index (χ3v) is 4.84. The fourth-order valence-electron chi connectivity index (χ4n) is 3.42. The van der Waals surface area contributed by atoms with Crippen molar-refractivity contribution in [2.45, 2.75) is 6.17 Å². The van der Waals surface area contributed by atoms with Crippen LogP contribution in [0, 0.1) is 0 Å². The topological polar surface area (TPSA) is 72.9 Å². The van der Waals surface area contributed by atoms with Crippen molar-refractivity contribution in [1.29, 1.82) is 0 Å². The molecule has 2 aromatic carbocycles. The van der Waals surface area contributed by atoms with E-state index in [1.165, 1.54) is 0 Å². The summed E-state index contributed by atoms with van der Waals surface area (Å²) in [6.45, 7) is 0. The monoisotopic (exact) mass is 391 g/mol. The van der Waals surface area contributed by atoms with Crippen LogP contribution in [0.5, 0.6) is 17.2 Å². The Morgan fingerprint density at radius 2 is 1.72 bits per heavy atom. The molecule has 0 radical (unpaired) electrons. The molecule has 4 rings (SSSR count). The minimum absolute atomic E-state index is 0.138. The number of anilines is 2. The van der Waals surface area contributed by atoms with E-state index in [-0.39, 0.29) is 5.91 Å². The molecule has 0 saturated heterocycles. The lowest BCUT2D eigenvalue weighted by atomic mass is 10.2. The van der Waals surface area contributed by atoms with Gasteiger partial charge in [0, 0.05) is 18.3 Å². The smallest absolute Gasteiger partial charge is 0.262 e. The summed E-state index contributed by atoms with van der Waals surface area (Å²) in [7, 11) is 4.79. The van der Waals surface area contributed by atoms with Gasteiger partial charge in [0.15, 0.2) is 6.17 Å². The zero-order valence-corrected chi connectivity index (χ0v) is 16.4. The van der Waals surface area contributed by atoms with Crippen molar-refractivity contribution in [2.24, 2.45) is 0 Å². The molecule has 1 aliphatic heterocycles. The van der Waals surface area contributed by atoms with Crippen LogP contribution in [0.1, 0.15) is 22.2 Å². The molecule has 0 saturated carbocycles. The van der Waals surface area contributed by atoms with E-state index in [4.69, 9.17) is 14.2 Å². The number of hydrogen-bond acceptors (Lipinski definition) is 6. The van der Waals surface area contributed by atoms with Gasteiger partial charge in [0.2, 0.25) is 0 Å². The third kappa shape index (κ3) is 3.31. The molecule has 1 amide bonds. The predicted octanol–water partition coefficient (Wildman–Crippen LogP) is 3.88. The van der Waals surface area contributed by atoms with Gasteiger partial charge in [-0.15, -0.1) is 0 Å². The molecule has 1 aromatic heterocycles. The lowest BCUT2D eigenvalue weighted by molar-refractivity contribution is 0.0993. The lowest BCUT2D eigenvalue weighted by Crippen LogP contribution is -2.32. The van der Waals surface area contributed by atoms with Crippen LogP contribution in [-0.4, -0.2) is 32.2 Å². The van der Waals surface area contributed by atoms with Gasteiger partial charge in [0.1, 0.15) is 17.2 Å². The third-order valence-electron chi connectivity index (χ3n) is 4.84. The second kappa shape index (κ2) is 7.71. The number of carbonyl (C=O) groups excluding carboxylic acids is 1. The van der Waals surface area contributed by atoms with Crippen LogP contribution in [0.4, 0.5) is 11.4 Å². The largest absolute Gasteiger partial charge is 0.497 e. The Bertz CT molecular complexity index is 1050. The molecule has 1 atom stereocenters. The molecule has 148 valence electrons. The first kappa shape index (κ1) is 18.6. The predicted molar refractivity (Wildman–Crippen MR) is 110 cm³/mol. The van der Waals surface area contributed by atoms with Gasteiger partial charge in [-0.05, 0) is 36.4 Å². The molecule has 1 aliphatic rings. The fourth-order valence-corrected chi connectivity index (χ4v) is 3.42. The highest BCUT2D eigenvalue weighted by molar-refractivity contribution is 6.11. The molecule has 0 bridgehead atoms. The number of hydrogen-bond donors (Lipinski definition) is 1. The number of amides is 1. The Morgan fingerprint density at radius 3 is 2.48 bits per heavy atom. The molecule has 0 spiro atoms. The van der Waals surface area contributed by atoms with Crippen molar-refractivity contribution in [3.8, 4) is 17.2 Å². The number of nitrogens with zero attached hydrogens (tertiary/aromatic N) is 2. The summed E-state index contributed by atoms with van der Waals surface area (Å²) in [5.41, 5.74) is 2.59. The highest BCUT2D eigenvalue weighted by atomic mass is 16.5. The number of carbonyl (C=O) groups is 1. The highest BCUT2D eigenvalue weighted by Gasteiger charge is 2.39. The molecule has 1 unspecified atom stereocenters. The van der Waals surface area contributed by atoms with E-state index in [0.717, 1.165) is 0 Å². The van der Waals surface area contributed by atoms with Gasteiger partial charge in [-0.25, -0.2) is 0 Å². The minimum atomic E-state index is -0.521. The number of ether oxygens (including phenoxy) is 3. The number of fused-ring (bicyclic) bond motifs is 1. The quantitative estimate of drug-likeness (QED) is 0.688. The van der Waals surface area contributed by atoms with E-state index in [1.54, 1.807) is 44.6 Å². The molecule has 7 nitrogen and oxygen atoms in total. The van der Waals surface area contributed by atoms with E-state index in [0.29, 0.717) is 39.9 Å². The SMILES string of the molecule is COc1cccc(N2C(=O)c3cccnc3C2Nc2cc(OC)ccc2OC)c1. The summed E-state index contributed by atoms with van der Waals surface area (Å²) < 4.78 is 16.2. The number of benzene rings is 2. The second-order valence-electron chi connectivity index (χ2n) is 6.43. The highest BCUT2D eigenvalue weighted by Crippen LogP contribution is 2.40. The number of pyridine rings is 1. The van der Waals surface area contributed by atoms with E-state index in [9.17, 15) is 4.79 Å². The van der Waals surface area contributed by atoms with Crippen LogP contribution in [-0.2, 0) is 0 Å². The number of nitrogens with one attached hydrogen (secondary N) is 1. The fraction of sp³-hybridized carbons (Fsp3) is 0.182. The summed E-state index contributed by atoms with van der Waals surface area (Å²) in [5, 5.41) is 3.40. The summed E-state index contributed by atoms with van der Waals surface area (Å²) in [5.74, 6) is 1.83. The molecule has 0 aliphatic carbocycles. The van der Waals surface area contributed by atoms with E-state index in [2.05, 4.69) is 10.3 Å². The molecule has 3 aromatic rings. The zero-order chi connectivity index (χ0) is 20.4. The molecule has 0 fully saturated rings. The van der Waals surface area contributed by atoms with E-state index < -0.39 is 6.17 Å². The summed E-state index contributed by atoms with van der Waals surface area (Å²) >= 11 is 0. The number of aromatic nitrogens is 1. The Balaban J connectivity index is 1.81. The summed E-state index contributed by atoms with van der Waals surface area (Å²) in [6.07, 6.45) is 1.16. The Morgan fingerprint density at radius 1 is 0.931 bits per heavy atom. The average Bonchev–Trinajstić information content (AvgIpc) is 3.05. The van der Waals surface area contributed by atoms with Gasteiger partial charge in [-0.3, -0.25) is 14.7 Å². The molecule has 7 heteroatoms. The lowest BCUT2D eigenvalue weighted by Gasteiger charge is -2.27. The van der Waals surface area contributed by atoms with Crippen molar-refractivity contribution in [1.82, 2.24) is 4.98 Å². The number of rotatable bonds is 6. The van der Waals surface area contributed by atoms with Crippen molar-refractivity contribution in [3.05, 3.63) is 72.1 Å². The van der Waals surface area contributed by atoms with Crippen molar-refractivity contribution in [2.75, 3.05) is 31.5 Å². The first-order valence-corrected chi connectivity index (χ1v) is 9.07. The van der Waals surface area contributed by atoms with Gasteiger partial charge in [0.25, 0.3) is 5.91 Å². The molecular weight excluding hydrogens is 370 g/mol. The molecule has 2 heterocycles. The van der Waals surface area contributed by atoms with Gasteiger partial charge in [0.05, 0.1) is 44.0 Å². The van der Waals surface area contributed by atoms with Gasteiger partial charge >= 0.3 is 0 Å². The van der Waals surface area contributed by atoms with E-state index in [1.807, 2.05) is 42.5 Å². The average molecular weight is 391 g/mol. The Kier molecular flexibility index (Phi) is 4.95. The normalized spacial score (nSPS) is 15.1. The van der Waals surface area contributed by atoms with Crippen LogP contribution in [0.3, 0.4) is 0 Å². The standard InChI is InChI=1S/C22H21N3O4/c1-27-15-7-4-6-14(12-15)25-21(20-17(22(25)26)8-5-11-23-20)24-18-13-16(28-2)9-10-19(18)29-3/h4-13,21,24H,1-3H3. The van der Waals surface area contributed by atoms with Crippen molar-refractivity contribution >= 4 is 17.3 Å².